The number of nitro groups is 1. The van der Waals surface area contributed by atoms with Crippen molar-refractivity contribution in [2.45, 2.75) is 13.5 Å². The van der Waals surface area contributed by atoms with Crippen LogP contribution in [0.1, 0.15) is 18.1 Å². The van der Waals surface area contributed by atoms with Crippen molar-refractivity contribution in [1.29, 1.82) is 5.26 Å². The van der Waals surface area contributed by atoms with Crippen molar-refractivity contribution in [2.24, 2.45) is 0 Å². The van der Waals surface area contributed by atoms with Crippen LogP contribution in [0, 0.1) is 21.4 Å². The number of non-ortho nitro benzene ring substituents is 1. The Bertz CT molecular complexity index is 1300. The van der Waals surface area contributed by atoms with Crippen molar-refractivity contribution in [1.82, 2.24) is 0 Å². The molecule has 0 spiro atoms. The summed E-state index contributed by atoms with van der Waals surface area (Å²) < 4.78 is 12.1. The summed E-state index contributed by atoms with van der Waals surface area (Å²) in [5.74, 6) is 0.259. The molecule has 3 rings (SSSR count). The minimum absolute atomic E-state index is 0.0104. The summed E-state index contributed by atoms with van der Waals surface area (Å²) in [4.78, 5) is 22.9. The van der Waals surface area contributed by atoms with E-state index in [9.17, 15) is 25.3 Å². The number of nitrogens with zero attached hydrogens (tertiary/aromatic N) is 2. The van der Waals surface area contributed by atoms with Crippen LogP contribution in [0.2, 0.25) is 0 Å². The summed E-state index contributed by atoms with van der Waals surface area (Å²) in [5.41, 5.74) is 1.54. The van der Waals surface area contributed by atoms with Gasteiger partial charge in [0.1, 0.15) is 24.0 Å². The van der Waals surface area contributed by atoms with E-state index in [2.05, 4.69) is 21.2 Å². The Morgan fingerprint density at radius 3 is 2.46 bits per heavy atom. The number of benzene rings is 3. The van der Waals surface area contributed by atoms with Gasteiger partial charge in [-0.1, -0.05) is 0 Å². The zero-order valence-corrected chi connectivity index (χ0v) is 20.1. The van der Waals surface area contributed by atoms with Crippen LogP contribution in [-0.2, 0) is 11.4 Å². The van der Waals surface area contributed by atoms with E-state index in [0.717, 1.165) is 5.56 Å². The summed E-state index contributed by atoms with van der Waals surface area (Å²) >= 11 is 3.45. The highest BCUT2D eigenvalue weighted by Gasteiger charge is 2.15. The van der Waals surface area contributed by atoms with Gasteiger partial charge in [-0.2, -0.15) is 5.26 Å². The summed E-state index contributed by atoms with van der Waals surface area (Å²) in [7, 11) is 0. The molecule has 1 amide bonds. The molecule has 0 saturated heterocycles. The van der Waals surface area contributed by atoms with Crippen molar-refractivity contribution >= 4 is 39.3 Å². The molecule has 0 radical (unpaired) electrons. The molecule has 178 valence electrons. The van der Waals surface area contributed by atoms with Gasteiger partial charge in [-0.15, -0.1) is 0 Å². The number of rotatable bonds is 9. The second kappa shape index (κ2) is 11.7. The SMILES string of the molecule is CCOc1cc(C=C(C#N)C(=O)Nc2ccc(O)cc2)cc(Br)c1OCc1ccc([N+](=O)[O-])cc1. The summed E-state index contributed by atoms with van der Waals surface area (Å²) in [5, 5.41) is 32.3. The van der Waals surface area contributed by atoms with Gasteiger partial charge in [0.2, 0.25) is 0 Å². The minimum Gasteiger partial charge on any atom is -0.508 e. The predicted molar refractivity (Wildman–Crippen MR) is 133 cm³/mol. The number of phenols is 1. The van der Waals surface area contributed by atoms with E-state index in [-0.39, 0.29) is 23.6 Å². The number of hydrogen-bond acceptors (Lipinski definition) is 7. The average Bonchev–Trinajstić information content (AvgIpc) is 2.83. The Kier molecular flexibility index (Phi) is 8.43. The van der Waals surface area contributed by atoms with Gasteiger partial charge >= 0.3 is 0 Å². The lowest BCUT2D eigenvalue weighted by atomic mass is 10.1. The van der Waals surface area contributed by atoms with Crippen LogP contribution < -0.4 is 14.8 Å². The van der Waals surface area contributed by atoms with Crippen molar-refractivity contribution in [2.75, 3.05) is 11.9 Å². The van der Waals surface area contributed by atoms with E-state index in [4.69, 9.17) is 9.47 Å². The average molecular weight is 538 g/mol. The van der Waals surface area contributed by atoms with Crippen molar-refractivity contribution < 1.29 is 24.3 Å². The molecule has 0 saturated carbocycles. The maximum absolute atomic E-state index is 12.5. The van der Waals surface area contributed by atoms with Crippen LogP contribution in [0.15, 0.2) is 70.7 Å². The van der Waals surface area contributed by atoms with Crippen LogP contribution in [0.5, 0.6) is 17.2 Å². The number of carbonyl (C=O) groups excluding carboxylic acids is 1. The van der Waals surface area contributed by atoms with Crippen LogP contribution in [0.25, 0.3) is 6.08 Å². The molecule has 0 aliphatic rings. The van der Waals surface area contributed by atoms with Crippen molar-refractivity contribution in [3.8, 4) is 23.3 Å². The van der Waals surface area contributed by atoms with Gasteiger partial charge in [0.05, 0.1) is 16.0 Å². The Hall–Kier alpha value is -4.36. The smallest absolute Gasteiger partial charge is 0.269 e. The number of carbonyl (C=O) groups is 1. The molecule has 0 aromatic heterocycles. The molecule has 0 aliphatic carbocycles. The van der Waals surface area contributed by atoms with Crippen LogP contribution in [-0.4, -0.2) is 22.5 Å². The highest BCUT2D eigenvalue weighted by molar-refractivity contribution is 9.10. The molecule has 0 aliphatic heterocycles. The van der Waals surface area contributed by atoms with Gasteiger partial charge in [0.15, 0.2) is 11.5 Å². The Labute approximate surface area is 209 Å². The Morgan fingerprint density at radius 1 is 1.17 bits per heavy atom. The van der Waals surface area contributed by atoms with Gasteiger partial charge in [0.25, 0.3) is 11.6 Å². The number of halogens is 1. The standard InChI is InChI=1S/C25H20BrN3O6/c1-2-34-23-13-17(11-18(14-27)25(31)28-19-5-9-21(30)10-6-19)12-22(26)24(23)35-15-16-3-7-20(8-4-16)29(32)33/h3-13,30H,2,15H2,1H3,(H,28,31). The monoisotopic (exact) mass is 537 g/mol. The fourth-order valence-corrected chi connectivity index (χ4v) is 3.58. The first-order valence-electron chi connectivity index (χ1n) is 10.4. The summed E-state index contributed by atoms with van der Waals surface area (Å²) in [6.07, 6.45) is 1.42. The molecule has 3 aromatic carbocycles. The Balaban J connectivity index is 1.81. The number of hydrogen-bond donors (Lipinski definition) is 2. The second-order valence-corrected chi connectivity index (χ2v) is 8.00. The fourth-order valence-electron chi connectivity index (χ4n) is 3.00. The molecule has 9 nitrogen and oxygen atoms in total. The largest absolute Gasteiger partial charge is 0.508 e. The zero-order valence-electron chi connectivity index (χ0n) is 18.5. The first-order valence-corrected chi connectivity index (χ1v) is 11.1. The number of phenolic OH excluding ortho intramolecular Hbond substituents is 1. The summed E-state index contributed by atoms with van der Waals surface area (Å²) in [6.45, 7) is 2.30. The van der Waals surface area contributed by atoms with Gasteiger partial charge in [-0.05, 0) is 88.6 Å². The molecule has 35 heavy (non-hydrogen) atoms. The lowest BCUT2D eigenvalue weighted by Crippen LogP contribution is -2.13. The predicted octanol–water partition coefficient (Wildman–Crippen LogP) is 5.59. The van der Waals surface area contributed by atoms with Gasteiger partial charge in [-0.25, -0.2) is 0 Å². The number of ether oxygens (including phenoxy) is 2. The first kappa shape index (κ1) is 25.3. The van der Waals surface area contributed by atoms with Gasteiger partial charge in [-0.3, -0.25) is 14.9 Å². The molecule has 0 heterocycles. The fraction of sp³-hybridized carbons (Fsp3) is 0.120. The summed E-state index contributed by atoms with van der Waals surface area (Å²) in [6, 6.07) is 17.1. The van der Waals surface area contributed by atoms with E-state index in [1.165, 1.54) is 42.5 Å². The van der Waals surface area contributed by atoms with E-state index in [0.29, 0.717) is 33.8 Å². The van der Waals surface area contributed by atoms with Gasteiger partial charge in [0, 0.05) is 17.8 Å². The number of aromatic hydroxyl groups is 1. The van der Waals surface area contributed by atoms with E-state index in [1.807, 2.05) is 13.0 Å². The lowest BCUT2D eigenvalue weighted by molar-refractivity contribution is -0.384. The molecule has 10 heteroatoms. The quantitative estimate of drug-likeness (QED) is 0.119. The maximum atomic E-state index is 12.5. The van der Waals surface area contributed by atoms with Crippen LogP contribution in [0.4, 0.5) is 11.4 Å². The van der Waals surface area contributed by atoms with Crippen molar-refractivity contribution in [3.63, 3.8) is 0 Å². The molecule has 0 atom stereocenters. The van der Waals surface area contributed by atoms with Crippen LogP contribution in [0.3, 0.4) is 0 Å². The lowest BCUT2D eigenvalue weighted by Gasteiger charge is -2.15. The molecule has 3 aromatic rings. The topological polar surface area (TPSA) is 135 Å². The third kappa shape index (κ3) is 6.82. The van der Waals surface area contributed by atoms with E-state index >= 15 is 0 Å². The number of nitro benzene ring substituents is 1. The van der Waals surface area contributed by atoms with Crippen LogP contribution >= 0.6 is 15.9 Å². The highest BCUT2D eigenvalue weighted by Crippen LogP contribution is 2.38. The van der Waals surface area contributed by atoms with E-state index < -0.39 is 10.8 Å². The number of anilines is 1. The second-order valence-electron chi connectivity index (χ2n) is 7.15. The number of nitrogens with one attached hydrogen (secondary N) is 1. The van der Waals surface area contributed by atoms with Gasteiger partial charge < -0.3 is 19.9 Å². The maximum Gasteiger partial charge on any atom is 0.269 e. The molecule has 0 fully saturated rings. The Morgan fingerprint density at radius 2 is 1.86 bits per heavy atom. The highest BCUT2D eigenvalue weighted by atomic mass is 79.9. The molecule has 2 N–H and O–H groups in total. The number of nitriles is 1. The van der Waals surface area contributed by atoms with Crippen molar-refractivity contribution in [3.05, 3.63) is 92.0 Å². The third-order valence-corrected chi connectivity index (χ3v) is 5.25. The third-order valence-electron chi connectivity index (χ3n) is 4.66. The molecular weight excluding hydrogens is 518 g/mol. The molecular formula is C25H20BrN3O6. The number of amides is 1. The molecule has 0 bridgehead atoms. The normalized spacial score (nSPS) is 10.8. The minimum atomic E-state index is -0.606. The molecule has 0 unspecified atom stereocenters. The first-order chi connectivity index (χ1) is 16.8. The van der Waals surface area contributed by atoms with E-state index in [1.54, 1.807) is 24.3 Å². The zero-order chi connectivity index (χ0) is 25.4.